The van der Waals surface area contributed by atoms with E-state index >= 15 is 0 Å². The Morgan fingerprint density at radius 1 is 1.55 bits per heavy atom. The van der Waals surface area contributed by atoms with Gasteiger partial charge in [-0.15, -0.1) is 0 Å². The first-order valence-corrected chi connectivity index (χ1v) is 4.55. The molecule has 0 saturated carbocycles. The molecule has 0 fully saturated rings. The molecule has 0 heterocycles. The number of alkyl halides is 1. The standard InChI is InChI=1S/C8H5FIN/c9-8-6(4-10)2-1-3-7(8)5-11/h1-3H,4H2. The van der Waals surface area contributed by atoms with Gasteiger partial charge in [0.05, 0.1) is 5.56 Å². The van der Waals surface area contributed by atoms with E-state index < -0.39 is 0 Å². The second kappa shape index (κ2) is 3.67. The molecule has 0 radical (unpaired) electrons. The Bertz CT molecular complexity index is 303. The first kappa shape index (κ1) is 8.47. The van der Waals surface area contributed by atoms with Gasteiger partial charge in [-0.05, 0) is 11.6 Å². The summed E-state index contributed by atoms with van der Waals surface area (Å²) in [7, 11) is 0. The van der Waals surface area contributed by atoms with Crippen LogP contribution in [0.3, 0.4) is 0 Å². The molecule has 0 spiro atoms. The Morgan fingerprint density at radius 3 is 2.82 bits per heavy atom. The number of benzene rings is 1. The SMILES string of the molecule is N#Cc1cccc(CI)c1F. The second-order valence-electron chi connectivity index (χ2n) is 2.02. The molecule has 0 atom stereocenters. The largest absolute Gasteiger partial charge is 0.205 e. The van der Waals surface area contributed by atoms with Crippen LogP contribution < -0.4 is 0 Å². The van der Waals surface area contributed by atoms with Gasteiger partial charge in [-0.2, -0.15) is 5.26 Å². The molecule has 0 aliphatic heterocycles. The van der Waals surface area contributed by atoms with Crippen LogP contribution in [0.5, 0.6) is 0 Å². The summed E-state index contributed by atoms with van der Waals surface area (Å²) >= 11 is 2.06. The molecule has 1 aromatic carbocycles. The maximum absolute atomic E-state index is 13.0. The summed E-state index contributed by atoms with van der Waals surface area (Å²) in [6.07, 6.45) is 0. The fraction of sp³-hybridized carbons (Fsp3) is 0.125. The van der Waals surface area contributed by atoms with Crippen molar-refractivity contribution in [3.05, 3.63) is 35.1 Å². The van der Waals surface area contributed by atoms with Crippen molar-refractivity contribution in [3.63, 3.8) is 0 Å². The molecule has 1 rings (SSSR count). The highest BCUT2D eigenvalue weighted by Crippen LogP contribution is 2.14. The zero-order valence-electron chi connectivity index (χ0n) is 5.64. The summed E-state index contributed by atoms with van der Waals surface area (Å²) in [4.78, 5) is 0. The van der Waals surface area contributed by atoms with Gasteiger partial charge >= 0.3 is 0 Å². The van der Waals surface area contributed by atoms with Crippen LogP contribution in [0.25, 0.3) is 0 Å². The topological polar surface area (TPSA) is 23.8 Å². The monoisotopic (exact) mass is 261 g/mol. The Labute approximate surface area is 78.0 Å². The number of halogens is 2. The van der Waals surface area contributed by atoms with Crippen LogP contribution in [0.15, 0.2) is 18.2 Å². The summed E-state index contributed by atoms with van der Waals surface area (Å²) in [5, 5.41) is 8.45. The highest BCUT2D eigenvalue weighted by Gasteiger charge is 2.04. The Balaban J connectivity index is 3.23. The Hall–Kier alpha value is -0.630. The van der Waals surface area contributed by atoms with Crippen molar-refractivity contribution in [3.8, 4) is 6.07 Å². The van der Waals surface area contributed by atoms with Crippen LogP contribution in [0.4, 0.5) is 4.39 Å². The van der Waals surface area contributed by atoms with Gasteiger partial charge < -0.3 is 0 Å². The smallest absolute Gasteiger partial charge is 0.144 e. The van der Waals surface area contributed by atoms with E-state index in [9.17, 15) is 4.39 Å². The Kier molecular flexibility index (Phi) is 2.83. The molecule has 11 heavy (non-hydrogen) atoms. The molecule has 0 unspecified atom stereocenters. The third-order valence-electron chi connectivity index (χ3n) is 1.34. The summed E-state index contributed by atoms with van der Waals surface area (Å²) < 4.78 is 13.6. The van der Waals surface area contributed by atoms with Gasteiger partial charge in [-0.25, -0.2) is 4.39 Å². The highest BCUT2D eigenvalue weighted by molar-refractivity contribution is 14.1. The first-order chi connectivity index (χ1) is 5.29. The van der Waals surface area contributed by atoms with E-state index in [0.29, 0.717) is 9.99 Å². The van der Waals surface area contributed by atoms with Gasteiger partial charge in [0.1, 0.15) is 11.9 Å². The van der Waals surface area contributed by atoms with Crippen molar-refractivity contribution in [2.45, 2.75) is 4.43 Å². The molecular formula is C8H5FIN. The number of nitrogens with zero attached hydrogens (tertiary/aromatic N) is 1. The molecule has 0 aliphatic carbocycles. The number of hydrogen-bond acceptors (Lipinski definition) is 1. The van der Waals surface area contributed by atoms with Crippen LogP contribution in [-0.4, -0.2) is 0 Å². The molecule has 0 amide bonds. The van der Waals surface area contributed by atoms with Crippen molar-refractivity contribution in [1.82, 2.24) is 0 Å². The molecule has 3 heteroatoms. The van der Waals surface area contributed by atoms with E-state index in [2.05, 4.69) is 22.6 Å². The number of nitriles is 1. The quantitative estimate of drug-likeness (QED) is 0.563. The predicted molar refractivity (Wildman–Crippen MR) is 48.8 cm³/mol. The molecule has 1 nitrogen and oxygen atoms in total. The van der Waals surface area contributed by atoms with Crippen molar-refractivity contribution in [1.29, 1.82) is 5.26 Å². The van der Waals surface area contributed by atoms with Crippen LogP contribution in [0.2, 0.25) is 0 Å². The molecule has 0 N–H and O–H groups in total. The molecular weight excluding hydrogens is 256 g/mol. The highest BCUT2D eigenvalue weighted by atomic mass is 127. The van der Waals surface area contributed by atoms with E-state index in [1.165, 1.54) is 6.07 Å². The third kappa shape index (κ3) is 1.69. The minimum Gasteiger partial charge on any atom is -0.205 e. The van der Waals surface area contributed by atoms with E-state index in [4.69, 9.17) is 5.26 Å². The summed E-state index contributed by atoms with van der Waals surface area (Å²) in [6.45, 7) is 0. The van der Waals surface area contributed by atoms with E-state index in [1.54, 1.807) is 18.2 Å². The lowest BCUT2D eigenvalue weighted by Crippen LogP contribution is -1.89. The summed E-state index contributed by atoms with van der Waals surface area (Å²) in [6, 6.07) is 6.64. The molecule has 0 aliphatic rings. The summed E-state index contributed by atoms with van der Waals surface area (Å²) in [5.74, 6) is -0.385. The zero-order valence-corrected chi connectivity index (χ0v) is 7.80. The van der Waals surface area contributed by atoms with Gasteiger partial charge in [0, 0.05) is 4.43 Å². The second-order valence-corrected chi connectivity index (χ2v) is 2.79. The average molecular weight is 261 g/mol. The van der Waals surface area contributed by atoms with E-state index in [-0.39, 0.29) is 11.4 Å². The van der Waals surface area contributed by atoms with Gasteiger partial charge in [0.2, 0.25) is 0 Å². The summed E-state index contributed by atoms with van der Waals surface area (Å²) in [5.41, 5.74) is 0.712. The lowest BCUT2D eigenvalue weighted by atomic mass is 10.1. The van der Waals surface area contributed by atoms with Crippen LogP contribution in [0.1, 0.15) is 11.1 Å². The minimum absolute atomic E-state index is 0.124. The van der Waals surface area contributed by atoms with Crippen molar-refractivity contribution in [2.24, 2.45) is 0 Å². The first-order valence-electron chi connectivity index (χ1n) is 3.03. The molecule has 0 bridgehead atoms. The molecule has 0 saturated heterocycles. The van der Waals surface area contributed by atoms with Crippen LogP contribution in [-0.2, 0) is 4.43 Å². The average Bonchev–Trinajstić information content (AvgIpc) is 2.05. The Morgan fingerprint density at radius 2 is 2.27 bits per heavy atom. The fourth-order valence-corrected chi connectivity index (χ4v) is 1.36. The van der Waals surface area contributed by atoms with E-state index in [0.717, 1.165) is 0 Å². The number of hydrogen-bond donors (Lipinski definition) is 0. The minimum atomic E-state index is -0.385. The lowest BCUT2D eigenvalue weighted by molar-refractivity contribution is 0.614. The van der Waals surface area contributed by atoms with Gasteiger partial charge in [0.25, 0.3) is 0 Å². The van der Waals surface area contributed by atoms with Crippen molar-refractivity contribution < 1.29 is 4.39 Å². The van der Waals surface area contributed by atoms with Crippen LogP contribution in [0, 0.1) is 17.1 Å². The lowest BCUT2D eigenvalue weighted by Gasteiger charge is -1.97. The van der Waals surface area contributed by atoms with E-state index in [1.807, 2.05) is 0 Å². The van der Waals surface area contributed by atoms with Crippen molar-refractivity contribution >= 4 is 22.6 Å². The zero-order chi connectivity index (χ0) is 8.27. The molecule has 1 aromatic rings. The van der Waals surface area contributed by atoms with Gasteiger partial charge in [-0.3, -0.25) is 0 Å². The molecule has 0 aromatic heterocycles. The van der Waals surface area contributed by atoms with Crippen molar-refractivity contribution in [2.75, 3.05) is 0 Å². The maximum atomic E-state index is 13.0. The van der Waals surface area contributed by atoms with Gasteiger partial charge in [0.15, 0.2) is 0 Å². The van der Waals surface area contributed by atoms with Crippen LogP contribution >= 0.6 is 22.6 Å². The van der Waals surface area contributed by atoms with Gasteiger partial charge in [-0.1, -0.05) is 34.7 Å². The maximum Gasteiger partial charge on any atom is 0.144 e. The molecule has 56 valence electrons. The normalized spacial score (nSPS) is 9.18. The predicted octanol–water partition coefficient (Wildman–Crippen LogP) is 2.63. The third-order valence-corrected chi connectivity index (χ3v) is 2.16. The number of rotatable bonds is 1. The fourth-order valence-electron chi connectivity index (χ4n) is 0.769.